The molecule has 0 saturated heterocycles. The highest BCUT2D eigenvalue weighted by Crippen LogP contribution is 2.35. The van der Waals surface area contributed by atoms with Crippen LogP contribution in [-0.2, 0) is 5.66 Å². The Labute approximate surface area is 124 Å². The normalized spacial score (nSPS) is 20.2. The molecule has 1 aliphatic rings. The van der Waals surface area contributed by atoms with Crippen molar-refractivity contribution in [3.05, 3.63) is 59.7 Å². The largest absolute Gasteiger partial charge is 0.493 e. The highest BCUT2D eigenvalue weighted by molar-refractivity contribution is 6.02. The van der Waals surface area contributed by atoms with E-state index < -0.39 is 5.66 Å². The Balaban J connectivity index is 2.05. The molecule has 1 amide bonds. The van der Waals surface area contributed by atoms with E-state index in [1.54, 1.807) is 0 Å². The maximum absolute atomic E-state index is 12.4. The minimum atomic E-state index is -0.697. The second-order valence-electron chi connectivity index (χ2n) is 5.18. The molecule has 0 saturated carbocycles. The molecule has 4 heteroatoms. The summed E-state index contributed by atoms with van der Waals surface area (Å²) in [6, 6.07) is 15.2. The summed E-state index contributed by atoms with van der Waals surface area (Å²) < 4.78 is 5.69. The van der Waals surface area contributed by atoms with E-state index in [1.807, 2.05) is 62.4 Å². The Morgan fingerprint density at radius 1 is 1.05 bits per heavy atom. The van der Waals surface area contributed by atoms with Gasteiger partial charge >= 0.3 is 0 Å². The number of amides is 1. The smallest absolute Gasteiger partial charge is 0.255 e. The first-order chi connectivity index (χ1) is 10.1. The third kappa shape index (κ3) is 2.33. The van der Waals surface area contributed by atoms with Gasteiger partial charge in [-0.05, 0) is 32.0 Å². The number of nitrogens with one attached hydrogen (secondary N) is 2. The summed E-state index contributed by atoms with van der Waals surface area (Å²) in [5, 5.41) is 6.44. The highest BCUT2D eigenvalue weighted by Gasteiger charge is 2.36. The summed E-state index contributed by atoms with van der Waals surface area (Å²) in [7, 11) is 0. The van der Waals surface area contributed by atoms with Crippen LogP contribution in [0.4, 0.5) is 5.69 Å². The lowest BCUT2D eigenvalue weighted by atomic mass is 9.95. The number of hydrogen-bond acceptors (Lipinski definition) is 3. The van der Waals surface area contributed by atoms with Crippen LogP contribution in [0.2, 0.25) is 0 Å². The third-order valence-corrected chi connectivity index (χ3v) is 3.65. The first-order valence-corrected chi connectivity index (χ1v) is 7.06. The Hall–Kier alpha value is -2.49. The summed E-state index contributed by atoms with van der Waals surface area (Å²) in [5.74, 6) is 0.688. The predicted octanol–water partition coefficient (Wildman–Crippen LogP) is 3.11. The van der Waals surface area contributed by atoms with Crippen molar-refractivity contribution in [2.24, 2.45) is 0 Å². The Bertz CT molecular complexity index is 684. The lowest BCUT2D eigenvalue weighted by Gasteiger charge is -2.38. The number of fused-ring (bicyclic) bond motifs is 1. The van der Waals surface area contributed by atoms with Crippen molar-refractivity contribution in [3.8, 4) is 5.75 Å². The van der Waals surface area contributed by atoms with Crippen molar-refractivity contribution in [2.45, 2.75) is 19.5 Å². The van der Waals surface area contributed by atoms with E-state index in [0.717, 1.165) is 17.0 Å². The molecular weight excluding hydrogens is 264 g/mol. The number of rotatable bonds is 3. The van der Waals surface area contributed by atoms with Gasteiger partial charge in [0, 0.05) is 11.3 Å². The molecule has 1 atom stereocenters. The van der Waals surface area contributed by atoms with Gasteiger partial charge in [-0.15, -0.1) is 0 Å². The van der Waals surface area contributed by atoms with Crippen LogP contribution in [0, 0.1) is 0 Å². The first kappa shape index (κ1) is 13.5. The second-order valence-corrected chi connectivity index (χ2v) is 5.18. The minimum Gasteiger partial charge on any atom is -0.493 e. The van der Waals surface area contributed by atoms with E-state index in [-0.39, 0.29) is 5.91 Å². The molecule has 0 bridgehead atoms. The molecular formula is C17H18N2O2. The molecule has 1 heterocycles. The van der Waals surface area contributed by atoms with Crippen LogP contribution < -0.4 is 15.4 Å². The van der Waals surface area contributed by atoms with Gasteiger partial charge in [-0.1, -0.05) is 30.3 Å². The molecule has 1 unspecified atom stereocenters. The molecule has 2 N–H and O–H groups in total. The van der Waals surface area contributed by atoms with Crippen molar-refractivity contribution < 1.29 is 9.53 Å². The Morgan fingerprint density at radius 3 is 2.57 bits per heavy atom. The fourth-order valence-electron chi connectivity index (χ4n) is 2.68. The molecule has 0 aromatic heterocycles. The topological polar surface area (TPSA) is 50.4 Å². The van der Waals surface area contributed by atoms with Gasteiger partial charge in [-0.3, -0.25) is 4.79 Å². The van der Waals surface area contributed by atoms with Gasteiger partial charge in [0.25, 0.3) is 5.91 Å². The standard InChI is InChI=1S/C17H18N2O2/c1-3-21-15-11-7-5-9-13(15)17(2)18-14-10-6-4-8-12(14)16(20)19-17/h4-11,18H,3H2,1-2H3,(H,19,20). The van der Waals surface area contributed by atoms with E-state index in [0.29, 0.717) is 12.2 Å². The average molecular weight is 282 g/mol. The van der Waals surface area contributed by atoms with Crippen LogP contribution in [-0.4, -0.2) is 12.5 Å². The molecule has 1 aliphatic heterocycles. The van der Waals surface area contributed by atoms with Crippen LogP contribution in [0.3, 0.4) is 0 Å². The molecule has 108 valence electrons. The lowest BCUT2D eigenvalue weighted by molar-refractivity contribution is 0.0905. The van der Waals surface area contributed by atoms with E-state index in [9.17, 15) is 4.79 Å². The van der Waals surface area contributed by atoms with Crippen LogP contribution in [0.5, 0.6) is 5.75 Å². The fourth-order valence-corrected chi connectivity index (χ4v) is 2.68. The van der Waals surface area contributed by atoms with Crippen LogP contribution in [0.1, 0.15) is 29.8 Å². The molecule has 0 spiro atoms. The number of carbonyl (C=O) groups is 1. The maximum Gasteiger partial charge on any atom is 0.255 e. The number of para-hydroxylation sites is 2. The molecule has 0 aliphatic carbocycles. The Kier molecular flexibility index (Phi) is 3.29. The predicted molar refractivity (Wildman–Crippen MR) is 82.5 cm³/mol. The zero-order chi connectivity index (χ0) is 14.9. The Morgan fingerprint density at radius 2 is 1.76 bits per heavy atom. The van der Waals surface area contributed by atoms with Gasteiger partial charge in [-0.25, -0.2) is 0 Å². The summed E-state index contributed by atoms with van der Waals surface area (Å²) in [5.41, 5.74) is 1.70. The van der Waals surface area contributed by atoms with Crippen LogP contribution >= 0.6 is 0 Å². The van der Waals surface area contributed by atoms with Crippen molar-refractivity contribution in [1.82, 2.24) is 5.32 Å². The molecule has 21 heavy (non-hydrogen) atoms. The van der Waals surface area contributed by atoms with E-state index in [4.69, 9.17) is 4.74 Å². The summed E-state index contributed by atoms with van der Waals surface area (Å²) in [4.78, 5) is 12.4. The minimum absolute atomic E-state index is 0.0850. The lowest BCUT2D eigenvalue weighted by Crippen LogP contribution is -2.53. The number of ether oxygens (including phenoxy) is 1. The van der Waals surface area contributed by atoms with Gasteiger partial charge in [0.2, 0.25) is 0 Å². The van der Waals surface area contributed by atoms with Crippen LogP contribution in [0.15, 0.2) is 48.5 Å². The SMILES string of the molecule is CCOc1ccccc1C1(C)NC(=O)c2ccccc2N1. The van der Waals surface area contributed by atoms with Crippen molar-refractivity contribution in [1.29, 1.82) is 0 Å². The monoisotopic (exact) mass is 282 g/mol. The van der Waals surface area contributed by atoms with Crippen molar-refractivity contribution in [3.63, 3.8) is 0 Å². The zero-order valence-corrected chi connectivity index (χ0v) is 12.1. The molecule has 2 aromatic rings. The van der Waals surface area contributed by atoms with Crippen molar-refractivity contribution >= 4 is 11.6 Å². The highest BCUT2D eigenvalue weighted by atomic mass is 16.5. The van der Waals surface area contributed by atoms with Crippen LogP contribution in [0.25, 0.3) is 0 Å². The average Bonchev–Trinajstić information content (AvgIpc) is 2.48. The van der Waals surface area contributed by atoms with Gasteiger partial charge in [0.1, 0.15) is 11.4 Å². The van der Waals surface area contributed by atoms with Crippen molar-refractivity contribution in [2.75, 3.05) is 11.9 Å². The quantitative estimate of drug-likeness (QED) is 0.909. The van der Waals surface area contributed by atoms with Gasteiger partial charge < -0.3 is 15.4 Å². The molecule has 4 nitrogen and oxygen atoms in total. The summed E-state index contributed by atoms with van der Waals surface area (Å²) >= 11 is 0. The van der Waals surface area contributed by atoms with E-state index >= 15 is 0 Å². The molecule has 2 aromatic carbocycles. The maximum atomic E-state index is 12.4. The van der Waals surface area contributed by atoms with Gasteiger partial charge in [0.05, 0.1) is 12.2 Å². The van der Waals surface area contributed by atoms with Gasteiger partial charge in [-0.2, -0.15) is 0 Å². The fraction of sp³-hybridized carbons (Fsp3) is 0.235. The van der Waals surface area contributed by atoms with Gasteiger partial charge in [0.15, 0.2) is 0 Å². The summed E-state index contributed by atoms with van der Waals surface area (Å²) in [6.45, 7) is 4.47. The zero-order valence-electron chi connectivity index (χ0n) is 12.1. The van der Waals surface area contributed by atoms with E-state index in [2.05, 4.69) is 10.6 Å². The number of carbonyl (C=O) groups excluding carboxylic acids is 1. The van der Waals surface area contributed by atoms with E-state index in [1.165, 1.54) is 0 Å². The third-order valence-electron chi connectivity index (χ3n) is 3.65. The molecule has 0 fully saturated rings. The first-order valence-electron chi connectivity index (χ1n) is 7.06. The molecule has 3 rings (SSSR count). The second kappa shape index (κ2) is 5.13. The summed E-state index contributed by atoms with van der Waals surface area (Å²) in [6.07, 6.45) is 0. The molecule has 0 radical (unpaired) electrons. The number of anilines is 1. The number of hydrogen-bond donors (Lipinski definition) is 2. The number of benzene rings is 2.